The molecule has 0 aliphatic rings. The van der Waals surface area contributed by atoms with Crippen molar-refractivity contribution in [3.63, 3.8) is 0 Å². The molecule has 0 aromatic rings. The van der Waals surface area contributed by atoms with Crippen LogP contribution < -0.4 is 0 Å². The van der Waals surface area contributed by atoms with Gasteiger partial charge in [0.1, 0.15) is 0 Å². The maximum Gasteiger partial charge on any atom is 0.0873 e. The lowest BCUT2D eigenvalue weighted by atomic mass is 10.2. The van der Waals surface area contributed by atoms with E-state index in [4.69, 9.17) is 4.74 Å². The van der Waals surface area contributed by atoms with Crippen LogP contribution in [0.4, 0.5) is 0 Å². The van der Waals surface area contributed by atoms with Crippen LogP contribution in [0.1, 0.15) is 39.5 Å². The second-order valence-electron chi connectivity index (χ2n) is 2.76. The van der Waals surface area contributed by atoms with Gasteiger partial charge in [-0.25, -0.2) is 0 Å². The number of allylic oxidation sites excluding steroid dienone is 3. The highest BCUT2D eigenvalue weighted by atomic mass is 16.5. The van der Waals surface area contributed by atoms with Crippen LogP contribution in [-0.4, -0.2) is 6.61 Å². The zero-order chi connectivity index (χ0) is 9.07. The molecule has 0 rings (SSSR count). The standard InChI is InChI=1S/C11H20O/c1-3-5-6-7-8-9-11-12-10-4-2/h3-5,10H,6-9,11H2,1-2H3/b5-3+,10-4+. The van der Waals surface area contributed by atoms with E-state index in [-0.39, 0.29) is 0 Å². The summed E-state index contributed by atoms with van der Waals surface area (Å²) < 4.78 is 5.19. The van der Waals surface area contributed by atoms with E-state index < -0.39 is 0 Å². The van der Waals surface area contributed by atoms with Crippen LogP contribution in [0.5, 0.6) is 0 Å². The Bertz CT molecular complexity index is 109. The molecular formula is C11H20O. The highest BCUT2D eigenvalue weighted by molar-refractivity contribution is 4.76. The Balaban J connectivity index is 2.91. The Labute approximate surface area is 76.1 Å². The first-order valence-corrected chi connectivity index (χ1v) is 4.75. The fourth-order valence-corrected chi connectivity index (χ4v) is 0.955. The van der Waals surface area contributed by atoms with Crippen LogP contribution in [0, 0.1) is 0 Å². The zero-order valence-corrected chi connectivity index (χ0v) is 8.25. The molecule has 0 aliphatic heterocycles. The first-order chi connectivity index (χ1) is 5.91. The van der Waals surface area contributed by atoms with Crippen LogP contribution >= 0.6 is 0 Å². The van der Waals surface area contributed by atoms with E-state index >= 15 is 0 Å². The molecule has 0 bridgehead atoms. The molecule has 1 heteroatoms. The van der Waals surface area contributed by atoms with Crippen LogP contribution in [-0.2, 0) is 4.74 Å². The smallest absolute Gasteiger partial charge is 0.0873 e. The molecule has 12 heavy (non-hydrogen) atoms. The molecule has 0 saturated carbocycles. The SMILES string of the molecule is C/C=C/CCCCCO/C=C/C. The van der Waals surface area contributed by atoms with Gasteiger partial charge in [-0.3, -0.25) is 0 Å². The van der Waals surface area contributed by atoms with Gasteiger partial charge >= 0.3 is 0 Å². The maximum atomic E-state index is 5.19. The Kier molecular flexibility index (Phi) is 9.66. The normalized spacial score (nSPS) is 11.5. The van der Waals surface area contributed by atoms with E-state index in [2.05, 4.69) is 19.1 Å². The van der Waals surface area contributed by atoms with Crippen molar-refractivity contribution in [2.75, 3.05) is 6.61 Å². The quantitative estimate of drug-likeness (QED) is 0.320. The van der Waals surface area contributed by atoms with Gasteiger partial charge in [-0.2, -0.15) is 0 Å². The van der Waals surface area contributed by atoms with Crippen molar-refractivity contribution in [2.24, 2.45) is 0 Å². The fraction of sp³-hybridized carbons (Fsp3) is 0.636. The summed E-state index contributed by atoms with van der Waals surface area (Å²) in [6.45, 7) is 4.89. The monoisotopic (exact) mass is 168 g/mol. The molecule has 0 spiro atoms. The molecule has 70 valence electrons. The first-order valence-electron chi connectivity index (χ1n) is 4.75. The lowest BCUT2D eigenvalue weighted by Crippen LogP contribution is -1.86. The Morgan fingerprint density at radius 2 is 1.83 bits per heavy atom. The topological polar surface area (TPSA) is 9.23 Å². The number of rotatable bonds is 7. The van der Waals surface area contributed by atoms with Crippen molar-refractivity contribution in [3.05, 3.63) is 24.5 Å². The minimum Gasteiger partial charge on any atom is -0.502 e. The summed E-state index contributed by atoms with van der Waals surface area (Å²) in [5, 5.41) is 0. The van der Waals surface area contributed by atoms with Crippen molar-refractivity contribution < 1.29 is 4.74 Å². The first kappa shape index (κ1) is 11.3. The van der Waals surface area contributed by atoms with E-state index in [1.165, 1.54) is 25.7 Å². The van der Waals surface area contributed by atoms with Gasteiger partial charge in [0.05, 0.1) is 12.9 Å². The van der Waals surface area contributed by atoms with E-state index in [0.717, 1.165) is 6.61 Å². The van der Waals surface area contributed by atoms with Gasteiger partial charge in [0.2, 0.25) is 0 Å². The van der Waals surface area contributed by atoms with Gasteiger partial charge in [0.15, 0.2) is 0 Å². The van der Waals surface area contributed by atoms with E-state index in [1.54, 1.807) is 6.26 Å². The largest absolute Gasteiger partial charge is 0.502 e. The lowest BCUT2D eigenvalue weighted by molar-refractivity contribution is 0.240. The molecular weight excluding hydrogens is 148 g/mol. The second kappa shape index (κ2) is 10.3. The molecule has 0 aliphatic carbocycles. The summed E-state index contributed by atoms with van der Waals surface area (Å²) in [5.74, 6) is 0. The van der Waals surface area contributed by atoms with Gasteiger partial charge in [-0.1, -0.05) is 18.2 Å². The molecule has 0 radical (unpaired) electrons. The molecule has 1 nitrogen and oxygen atoms in total. The average Bonchev–Trinajstić information content (AvgIpc) is 2.10. The molecule has 0 heterocycles. The van der Waals surface area contributed by atoms with Crippen molar-refractivity contribution in [2.45, 2.75) is 39.5 Å². The number of hydrogen-bond donors (Lipinski definition) is 0. The van der Waals surface area contributed by atoms with Crippen LogP contribution in [0.15, 0.2) is 24.5 Å². The highest BCUT2D eigenvalue weighted by Gasteiger charge is 1.86. The molecule has 0 fully saturated rings. The molecule has 0 saturated heterocycles. The summed E-state index contributed by atoms with van der Waals surface area (Å²) in [7, 11) is 0. The van der Waals surface area contributed by atoms with E-state index in [0.29, 0.717) is 0 Å². The van der Waals surface area contributed by atoms with Gasteiger partial charge in [-0.15, -0.1) is 0 Å². The van der Waals surface area contributed by atoms with Crippen molar-refractivity contribution in [1.82, 2.24) is 0 Å². The third-order valence-electron chi connectivity index (χ3n) is 1.60. The minimum atomic E-state index is 0.861. The number of hydrogen-bond acceptors (Lipinski definition) is 1. The minimum absolute atomic E-state index is 0.861. The number of unbranched alkanes of at least 4 members (excludes halogenated alkanes) is 3. The number of ether oxygens (including phenoxy) is 1. The molecule has 0 aromatic heterocycles. The maximum absolute atomic E-state index is 5.19. The predicted octanol–water partition coefficient (Wildman–Crippen LogP) is 3.67. The van der Waals surface area contributed by atoms with Gasteiger partial charge in [0, 0.05) is 0 Å². The highest BCUT2D eigenvalue weighted by Crippen LogP contribution is 2.00. The van der Waals surface area contributed by atoms with Gasteiger partial charge in [0.25, 0.3) is 0 Å². The summed E-state index contributed by atoms with van der Waals surface area (Å²) in [6, 6.07) is 0. The lowest BCUT2D eigenvalue weighted by Gasteiger charge is -1.98. The van der Waals surface area contributed by atoms with Crippen LogP contribution in [0.25, 0.3) is 0 Å². The van der Waals surface area contributed by atoms with Gasteiger partial charge < -0.3 is 4.74 Å². The van der Waals surface area contributed by atoms with Crippen LogP contribution in [0.3, 0.4) is 0 Å². The average molecular weight is 168 g/mol. The van der Waals surface area contributed by atoms with Crippen LogP contribution in [0.2, 0.25) is 0 Å². The predicted molar refractivity (Wildman–Crippen MR) is 54.0 cm³/mol. The third kappa shape index (κ3) is 9.28. The van der Waals surface area contributed by atoms with Crippen molar-refractivity contribution in [3.8, 4) is 0 Å². The Morgan fingerprint density at radius 1 is 1.00 bits per heavy atom. The van der Waals surface area contributed by atoms with Crippen molar-refractivity contribution >= 4 is 0 Å². The molecule has 0 amide bonds. The molecule has 0 atom stereocenters. The summed E-state index contributed by atoms with van der Waals surface area (Å²) >= 11 is 0. The fourth-order valence-electron chi connectivity index (χ4n) is 0.955. The summed E-state index contributed by atoms with van der Waals surface area (Å²) in [6.07, 6.45) is 12.9. The Morgan fingerprint density at radius 3 is 2.50 bits per heavy atom. The molecule has 0 unspecified atom stereocenters. The van der Waals surface area contributed by atoms with E-state index in [9.17, 15) is 0 Å². The van der Waals surface area contributed by atoms with E-state index in [1.807, 2.05) is 13.0 Å². The second-order valence-corrected chi connectivity index (χ2v) is 2.76. The summed E-state index contributed by atoms with van der Waals surface area (Å²) in [5.41, 5.74) is 0. The Hall–Kier alpha value is -0.720. The zero-order valence-electron chi connectivity index (χ0n) is 8.25. The summed E-state index contributed by atoms with van der Waals surface area (Å²) in [4.78, 5) is 0. The van der Waals surface area contributed by atoms with Crippen molar-refractivity contribution in [1.29, 1.82) is 0 Å². The molecule has 0 aromatic carbocycles. The third-order valence-corrected chi connectivity index (χ3v) is 1.60. The molecule has 0 N–H and O–H groups in total. The van der Waals surface area contributed by atoms with Gasteiger partial charge in [-0.05, 0) is 39.5 Å².